The summed E-state index contributed by atoms with van der Waals surface area (Å²) in [7, 11) is 3.28. The van der Waals surface area contributed by atoms with Gasteiger partial charge in [-0.05, 0) is 26.7 Å². The van der Waals surface area contributed by atoms with Crippen LogP contribution < -0.4 is 0 Å². The van der Waals surface area contributed by atoms with Crippen molar-refractivity contribution in [3.05, 3.63) is 0 Å². The van der Waals surface area contributed by atoms with Crippen LogP contribution in [0.25, 0.3) is 0 Å². The van der Waals surface area contributed by atoms with Crippen molar-refractivity contribution in [3.8, 4) is 0 Å². The number of methoxy groups -OCH3 is 1. The van der Waals surface area contributed by atoms with Gasteiger partial charge in [-0.1, -0.05) is 12.8 Å². The van der Waals surface area contributed by atoms with Crippen LogP contribution in [0.1, 0.15) is 39.5 Å². The molecule has 1 rings (SSSR count). The highest BCUT2D eigenvalue weighted by Crippen LogP contribution is 2.24. The Morgan fingerprint density at radius 1 is 1.38 bits per heavy atom. The third kappa shape index (κ3) is 2.74. The van der Waals surface area contributed by atoms with E-state index in [0.29, 0.717) is 0 Å². The van der Waals surface area contributed by atoms with E-state index in [1.807, 2.05) is 0 Å². The van der Waals surface area contributed by atoms with Gasteiger partial charge >= 0.3 is 0 Å². The van der Waals surface area contributed by atoms with Gasteiger partial charge in [0.2, 0.25) is 0 Å². The van der Waals surface area contributed by atoms with E-state index < -0.39 is 11.7 Å². The first kappa shape index (κ1) is 13.5. The molecule has 1 fully saturated rings. The van der Waals surface area contributed by atoms with Crippen molar-refractivity contribution in [2.24, 2.45) is 0 Å². The molecule has 1 amide bonds. The normalized spacial score (nSPS) is 26.6. The maximum absolute atomic E-state index is 12.1. The molecule has 4 heteroatoms. The second kappa shape index (κ2) is 5.15. The molecule has 94 valence electrons. The van der Waals surface area contributed by atoms with Gasteiger partial charge in [0.25, 0.3) is 5.91 Å². The molecule has 0 radical (unpaired) electrons. The minimum atomic E-state index is -0.814. The lowest BCUT2D eigenvalue weighted by molar-refractivity contribution is -0.155. The van der Waals surface area contributed by atoms with E-state index in [0.717, 1.165) is 25.7 Å². The van der Waals surface area contributed by atoms with E-state index in [2.05, 4.69) is 0 Å². The number of rotatable bonds is 3. The van der Waals surface area contributed by atoms with Gasteiger partial charge in [-0.15, -0.1) is 0 Å². The smallest absolute Gasteiger partial charge is 0.254 e. The summed E-state index contributed by atoms with van der Waals surface area (Å²) in [6.07, 6.45) is 3.40. The Balaban J connectivity index is 2.69. The number of aliphatic hydroxyl groups excluding tert-OH is 1. The number of aliphatic hydroxyl groups is 1. The lowest BCUT2D eigenvalue weighted by Gasteiger charge is -2.38. The van der Waals surface area contributed by atoms with E-state index in [1.165, 1.54) is 7.11 Å². The van der Waals surface area contributed by atoms with Crippen LogP contribution in [0.3, 0.4) is 0 Å². The first-order valence-electron chi connectivity index (χ1n) is 5.90. The number of amides is 1. The van der Waals surface area contributed by atoms with Crippen molar-refractivity contribution in [1.29, 1.82) is 0 Å². The summed E-state index contributed by atoms with van der Waals surface area (Å²) >= 11 is 0. The van der Waals surface area contributed by atoms with Crippen LogP contribution in [0.4, 0.5) is 0 Å². The highest BCUT2D eigenvalue weighted by atomic mass is 16.5. The molecule has 16 heavy (non-hydrogen) atoms. The second-order valence-electron chi connectivity index (χ2n) is 5.05. The predicted molar refractivity (Wildman–Crippen MR) is 62.1 cm³/mol. The fourth-order valence-corrected chi connectivity index (χ4v) is 2.21. The molecule has 1 saturated carbocycles. The number of likely N-dealkylation sites (N-methyl/N-ethyl adjacent to an activating group) is 1. The van der Waals surface area contributed by atoms with E-state index in [-0.39, 0.29) is 11.9 Å². The molecule has 0 aromatic rings. The van der Waals surface area contributed by atoms with Gasteiger partial charge in [-0.25, -0.2) is 0 Å². The lowest BCUT2D eigenvalue weighted by Crippen LogP contribution is -2.53. The minimum absolute atomic E-state index is 0.0596. The SMILES string of the molecule is COC(C)(C)C(=O)N(C)C1CCCCC1O. The maximum atomic E-state index is 12.1. The van der Waals surface area contributed by atoms with Crippen LogP contribution in [0.5, 0.6) is 0 Å². The zero-order valence-electron chi connectivity index (χ0n) is 10.7. The zero-order valence-corrected chi connectivity index (χ0v) is 10.7. The van der Waals surface area contributed by atoms with Crippen molar-refractivity contribution in [2.45, 2.75) is 57.3 Å². The van der Waals surface area contributed by atoms with Crippen LogP contribution in [0, 0.1) is 0 Å². The molecule has 0 bridgehead atoms. The molecule has 0 saturated heterocycles. The summed E-state index contributed by atoms with van der Waals surface area (Å²) in [5, 5.41) is 9.89. The Bertz CT molecular complexity index is 253. The molecule has 0 aliphatic heterocycles. The average Bonchev–Trinajstić information content (AvgIpc) is 2.27. The topological polar surface area (TPSA) is 49.8 Å². The molecule has 0 aromatic carbocycles. The van der Waals surface area contributed by atoms with E-state index in [4.69, 9.17) is 4.74 Å². The quantitative estimate of drug-likeness (QED) is 0.790. The van der Waals surface area contributed by atoms with Crippen molar-refractivity contribution >= 4 is 5.91 Å². The Morgan fingerprint density at radius 3 is 2.44 bits per heavy atom. The molecule has 0 spiro atoms. The van der Waals surface area contributed by atoms with Gasteiger partial charge in [-0.3, -0.25) is 4.79 Å². The molecule has 2 atom stereocenters. The van der Waals surface area contributed by atoms with Gasteiger partial charge in [0, 0.05) is 14.2 Å². The van der Waals surface area contributed by atoms with Gasteiger partial charge in [0.15, 0.2) is 0 Å². The molecule has 4 nitrogen and oxygen atoms in total. The van der Waals surface area contributed by atoms with E-state index in [1.54, 1.807) is 25.8 Å². The monoisotopic (exact) mass is 229 g/mol. The molecule has 1 N–H and O–H groups in total. The van der Waals surface area contributed by atoms with Crippen molar-refractivity contribution in [3.63, 3.8) is 0 Å². The number of carbonyl (C=O) groups is 1. The molecule has 2 unspecified atom stereocenters. The third-order valence-corrected chi connectivity index (χ3v) is 3.54. The Hall–Kier alpha value is -0.610. The fraction of sp³-hybridized carbons (Fsp3) is 0.917. The Morgan fingerprint density at radius 2 is 1.94 bits per heavy atom. The lowest BCUT2D eigenvalue weighted by atomic mass is 9.90. The summed E-state index contributed by atoms with van der Waals surface area (Å²) in [5.74, 6) is -0.0686. The molecule has 0 aromatic heterocycles. The largest absolute Gasteiger partial charge is 0.391 e. The molecule has 0 heterocycles. The summed E-state index contributed by atoms with van der Waals surface area (Å²) < 4.78 is 5.17. The molecule has 1 aliphatic carbocycles. The Labute approximate surface area is 97.6 Å². The fourth-order valence-electron chi connectivity index (χ4n) is 2.21. The summed E-state index contributed by atoms with van der Waals surface area (Å²) in [6, 6.07) is -0.0596. The first-order chi connectivity index (χ1) is 7.40. The summed E-state index contributed by atoms with van der Waals surface area (Å²) in [6.45, 7) is 3.50. The standard InChI is InChI=1S/C12H23NO3/c1-12(2,16-4)11(15)13(3)9-7-5-6-8-10(9)14/h9-10,14H,5-8H2,1-4H3. The van der Waals surface area contributed by atoms with Gasteiger partial charge in [0.1, 0.15) is 5.60 Å². The maximum Gasteiger partial charge on any atom is 0.254 e. The summed E-state index contributed by atoms with van der Waals surface area (Å²) in [5.41, 5.74) is -0.814. The van der Waals surface area contributed by atoms with E-state index in [9.17, 15) is 9.90 Å². The molecular weight excluding hydrogens is 206 g/mol. The second-order valence-corrected chi connectivity index (χ2v) is 5.05. The number of carbonyl (C=O) groups excluding carboxylic acids is 1. The Kier molecular flexibility index (Phi) is 4.33. The van der Waals surface area contributed by atoms with Gasteiger partial charge in [-0.2, -0.15) is 0 Å². The van der Waals surface area contributed by atoms with Crippen LogP contribution in [-0.2, 0) is 9.53 Å². The number of ether oxygens (including phenoxy) is 1. The first-order valence-corrected chi connectivity index (χ1v) is 5.90. The van der Waals surface area contributed by atoms with Crippen molar-refractivity contribution in [2.75, 3.05) is 14.2 Å². The van der Waals surface area contributed by atoms with Gasteiger partial charge < -0.3 is 14.7 Å². The highest BCUT2D eigenvalue weighted by Gasteiger charge is 2.36. The van der Waals surface area contributed by atoms with Gasteiger partial charge in [0.05, 0.1) is 12.1 Å². The minimum Gasteiger partial charge on any atom is -0.391 e. The van der Waals surface area contributed by atoms with Crippen LogP contribution in [0.2, 0.25) is 0 Å². The predicted octanol–water partition coefficient (Wildman–Crippen LogP) is 1.17. The van der Waals surface area contributed by atoms with E-state index >= 15 is 0 Å². The number of hydrogen-bond acceptors (Lipinski definition) is 3. The molecule has 1 aliphatic rings. The zero-order chi connectivity index (χ0) is 12.3. The molecular formula is C12H23NO3. The van der Waals surface area contributed by atoms with Crippen LogP contribution in [-0.4, -0.2) is 47.8 Å². The summed E-state index contributed by atoms with van der Waals surface area (Å²) in [4.78, 5) is 13.8. The third-order valence-electron chi connectivity index (χ3n) is 3.54. The van der Waals surface area contributed by atoms with Crippen molar-refractivity contribution < 1.29 is 14.6 Å². The highest BCUT2D eigenvalue weighted by molar-refractivity contribution is 5.84. The average molecular weight is 229 g/mol. The number of hydrogen-bond donors (Lipinski definition) is 1. The van der Waals surface area contributed by atoms with Crippen LogP contribution in [0.15, 0.2) is 0 Å². The van der Waals surface area contributed by atoms with Crippen molar-refractivity contribution in [1.82, 2.24) is 4.90 Å². The van der Waals surface area contributed by atoms with Crippen LogP contribution >= 0.6 is 0 Å². The number of nitrogens with zero attached hydrogens (tertiary/aromatic N) is 1.